The number of Topliss-reactive ketones (excluding diaryl/α,β-unsaturated/α-hetero) is 12. The van der Waals surface area contributed by atoms with Crippen molar-refractivity contribution in [2.24, 2.45) is 0 Å². The average molecular weight is 2150 g/mol. The third-order valence-electron chi connectivity index (χ3n) is 15.2. The topological polar surface area (TPSA) is 719 Å². The predicted octanol–water partition coefficient (Wildman–Crippen LogP) is 14.2. The molecule has 0 aliphatic carbocycles. The summed E-state index contributed by atoms with van der Waals surface area (Å²) >= 11 is 24.7. The summed E-state index contributed by atoms with van der Waals surface area (Å²) in [5.41, 5.74) is 17.5. The van der Waals surface area contributed by atoms with Gasteiger partial charge in [-0.2, -0.15) is 35.7 Å². The number of aliphatic hydroxyl groups excluding tert-OH is 2. The number of hydrogen-bond donors (Lipinski definition) is 10. The first-order chi connectivity index (χ1) is 66.2. The SMILES string of the molecule is C=C(C)O.CB(O)O.CC(=O)CC(=O)c1cc2c(C)nc(C)cn2n1.CC(=O)CC(=O)c1cc2c(C)nc(C)cn2n1.CC(=O)CCl.CC(=O)O.CC(=O)c1cc2c(=O)[nH]c(C)cn2n1.CC(=O)c1cc2c(C)nc(C)cn2n1.CC(=O)c1cc2c(Cl)nc(C)cn2n1.CC(C)=O.CCO.CCOC(=O)c1cc(C(C)=O)n[nH]1.CCOC(=O)c1cc(C(C)=O)nn1CC(C)=O.N.N.Nc1ccc(F)cn1.O=P(Cl)(Cl)Cl. The molecule has 0 aliphatic rings. The smallest absolute Gasteiger partial charge is 0.448 e. The van der Waals surface area contributed by atoms with Crippen LogP contribution >= 0.6 is 62.1 Å². The van der Waals surface area contributed by atoms with Crippen molar-refractivity contribution in [2.75, 3.05) is 31.4 Å². The number of carboxylic acid groups (broad SMARTS) is 1. The number of aliphatic carboxylic acids is 1. The number of aryl methyl sites for hydroxylation is 8. The molecule has 47 nitrogen and oxygen atoms in total. The highest BCUT2D eigenvalue weighted by atomic mass is 36.0. The van der Waals surface area contributed by atoms with E-state index in [0.717, 1.165) is 69.5 Å². The molecule has 13 aromatic rings. The molecule has 0 amide bonds. The first-order valence-corrected chi connectivity index (χ1v) is 47.3. The highest BCUT2D eigenvalue weighted by Crippen LogP contribution is 2.61. The van der Waals surface area contributed by atoms with Gasteiger partial charge in [0, 0.05) is 78.2 Å². The van der Waals surface area contributed by atoms with Gasteiger partial charge in [-0.05, 0) is 202 Å². The molecule has 0 spiro atoms. The first kappa shape index (κ1) is 137. The first-order valence-electron chi connectivity index (χ1n) is 42.0. The fourth-order valence-corrected chi connectivity index (χ4v) is 10.2. The molecule has 145 heavy (non-hydrogen) atoms. The van der Waals surface area contributed by atoms with E-state index in [0.29, 0.717) is 62.8 Å². The Hall–Kier alpha value is -14.3. The van der Waals surface area contributed by atoms with Gasteiger partial charge in [0.05, 0.1) is 125 Å². The minimum absolute atomic E-state index is 0. The molecule has 0 aromatic carbocycles. The Labute approximate surface area is 857 Å². The minimum atomic E-state index is -3.22. The summed E-state index contributed by atoms with van der Waals surface area (Å²) in [6.07, 6.45) is 9.60. The van der Waals surface area contributed by atoms with Crippen molar-refractivity contribution in [3.63, 3.8) is 0 Å². The molecule has 0 saturated heterocycles. The zero-order valence-electron chi connectivity index (χ0n) is 84.6. The van der Waals surface area contributed by atoms with Crippen LogP contribution in [-0.2, 0) is 49.4 Å². The number of fused-ring (bicyclic) bond motifs is 5. The maximum Gasteiger partial charge on any atom is 0.448 e. The van der Waals surface area contributed by atoms with E-state index in [1.165, 1.54) is 129 Å². The monoisotopic (exact) mass is 2140 g/mol. The third kappa shape index (κ3) is 57.0. The molecule has 0 bridgehead atoms. The van der Waals surface area contributed by atoms with Crippen LogP contribution in [0.25, 0.3) is 27.6 Å². The van der Waals surface area contributed by atoms with Crippen molar-refractivity contribution in [3.05, 3.63) is 222 Å². The number of alkyl halides is 1. The molecule has 0 unspecified atom stereocenters. The number of H-pyrrole nitrogens is 2. The highest BCUT2D eigenvalue weighted by Gasteiger charge is 2.22. The Balaban J connectivity index is -0.000000755. The number of carbonyl (C=O) groups excluding carboxylic acids is 14. The number of aliphatic hydroxyl groups is 2. The van der Waals surface area contributed by atoms with Crippen molar-refractivity contribution < 1.29 is 116 Å². The van der Waals surface area contributed by atoms with Gasteiger partial charge in [-0.1, -0.05) is 18.2 Å². The van der Waals surface area contributed by atoms with E-state index < -0.39 is 30.2 Å². The lowest BCUT2D eigenvalue weighted by molar-refractivity contribution is -0.134. The second-order valence-electron chi connectivity index (χ2n) is 29.7. The van der Waals surface area contributed by atoms with Gasteiger partial charge in [-0.3, -0.25) is 86.9 Å². The minimum Gasteiger partial charge on any atom is -0.513 e. The molecule has 13 rings (SSSR count). The Morgan fingerprint density at radius 1 is 0.497 bits per heavy atom. The van der Waals surface area contributed by atoms with E-state index in [1.54, 1.807) is 94.8 Å². The Bertz CT molecular complexity index is 6450. The summed E-state index contributed by atoms with van der Waals surface area (Å²) in [6.45, 7) is 43.4. The molecule has 790 valence electrons. The molecular weight excluding hydrogens is 2030 g/mol. The number of rotatable bonds is 18. The van der Waals surface area contributed by atoms with Gasteiger partial charge in [0.2, 0.25) is 0 Å². The summed E-state index contributed by atoms with van der Waals surface area (Å²) in [5.74, 6) is -3.13. The Morgan fingerprint density at radius 2 is 0.800 bits per heavy atom. The van der Waals surface area contributed by atoms with Crippen molar-refractivity contribution in [3.8, 4) is 0 Å². The lowest BCUT2D eigenvalue weighted by Gasteiger charge is -2.04. The summed E-state index contributed by atoms with van der Waals surface area (Å²) in [6, 6.07) is 13.6. The number of halogens is 6. The number of pyridine rings is 1. The number of ketones is 12. The normalized spacial score (nSPS) is 9.70. The lowest BCUT2D eigenvalue weighted by Crippen LogP contribution is -2.16. The third-order valence-corrected chi connectivity index (χ3v) is 15.9. The standard InChI is InChI=1S/2C12H13N3O2.C11H14N2O4.C10H11N3O.C9H8ClN3O.C9H9N3O2.C8H10N2O3.C5H5FN2.C3H5ClO.2C3H6O.C2H4O2.C2H6O.CH5BO2.Cl3OP.2H3N/c2*1-7-6-15-11(9(3)13-7)5-10(14-15)12(17)4-8(2)16;1-4-17-11(16)10-5-9(8(3)15)12-13(10)6-7(2)14;1-6-5-13-10(7(2)11-6)4-9(12-13)8(3)14;1-5-4-13-8(9(10)11-5)3-7(12-13)6(2)14;1-5-4-12-8(9(14)10-5)3-7(11-12)6(2)13;1-3-13-8(12)7-4-6(5(2)11)9-10-7;6-4-1-2-5(7)8-3-4;1-3(5)2-4;2*1-3(2)4;1-2(3)4;1-2-3;1-2(3)4;1-5(2,3)4;;/h2*5-6H,4H2,1-3H3;5H,4,6H2,1-3H3;4-5H,1-3H3;3-4H,1-2H3;3-4H,1-2H3,(H,10,14);4H,3H2,1-2H3,(H,9,10);1-3H,(H2,7,8);2H2,1H3;1-2H3;4H,1H2,2H3;1H3,(H,3,4);3H,2H2,1H3;3-4H,1H3;;2*1H3. The summed E-state index contributed by atoms with van der Waals surface area (Å²) in [4.78, 5) is 197. The number of nitrogen functional groups attached to an aromatic ring is 1. The van der Waals surface area contributed by atoms with Gasteiger partial charge in [0.1, 0.15) is 104 Å². The van der Waals surface area contributed by atoms with E-state index >= 15 is 0 Å². The van der Waals surface area contributed by atoms with Crippen molar-refractivity contribution >= 4 is 190 Å². The largest absolute Gasteiger partial charge is 0.513 e. The second-order valence-corrected chi connectivity index (χ2v) is 36.9. The van der Waals surface area contributed by atoms with Crippen LogP contribution in [0.5, 0.6) is 0 Å². The fraction of sp³-hybridized carbons (Fsp3) is 0.356. The number of esters is 2. The van der Waals surface area contributed by atoms with Crippen LogP contribution in [0, 0.1) is 61.2 Å². The Morgan fingerprint density at radius 3 is 1.10 bits per heavy atom. The van der Waals surface area contributed by atoms with Crippen LogP contribution in [0.15, 0.2) is 109 Å². The number of nitrogens with zero attached hydrogens (tertiary/aromatic N) is 18. The van der Waals surface area contributed by atoms with Crippen molar-refractivity contribution in [1.82, 2.24) is 110 Å². The quantitative estimate of drug-likeness (QED) is 0.00725. The van der Waals surface area contributed by atoms with Crippen LogP contribution in [0.4, 0.5) is 10.2 Å². The number of ether oxygens (including phenoxy) is 2. The van der Waals surface area contributed by atoms with Gasteiger partial charge < -0.3 is 62.7 Å². The molecular formula is C90H121BCl5FN23O24P. The van der Waals surface area contributed by atoms with Crippen molar-refractivity contribution in [1.29, 1.82) is 0 Å². The van der Waals surface area contributed by atoms with Crippen LogP contribution in [0.3, 0.4) is 0 Å². The zero-order chi connectivity index (χ0) is 111. The van der Waals surface area contributed by atoms with Gasteiger partial charge >= 0.3 is 24.3 Å². The molecule has 0 radical (unpaired) electrons. The van der Waals surface area contributed by atoms with E-state index in [9.17, 15) is 80.9 Å². The molecule has 0 fully saturated rings. The van der Waals surface area contributed by atoms with E-state index in [4.69, 9.17) is 68.6 Å². The number of aromatic nitrogens is 20. The maximum atomic E-state index is 12.0. The molecule has 13 heterocycles. The van der Waals surface area contributed by atoms with Gasteiger partial charge in [-0.25, -0.2) is 51.2 Å². The van der Waals surface area contributed by atoms with Gasteiger partial charge in [-0.15, -0.1) is 11.6 Å². The summed E-state index contributed by atoms with van der Waals surface area (Å²) in [7, 11) is -1.17. The maximum absolute atomic E-state index is 12.0. The van der Waals surface area contributed by atoms with Crippen molar-refractivity contribution in [2.45, 2.75) is 192 Å². The second kappa shape index (κ2) is 68.8. The summed E-state index contributed by atoms with van der Waals surface area (Å²) < 4.78 is 40.1. The van der Waals surface area contributed by atoms with Crippen LogP contribution in [-0.4, -0.2) is 243 Å². The number of nitrogens with one attached hydrogen (secondary N) is 2. The molecule has 0 atom stereocenters. The van der Waals surface area contributed by atoms with E-state index in [-0.39, 0.29) is 160 Å². The number of allylic oxidation sites excluding steroid dienone is 1. The predicted molar refractivity (Wildman–Crippen MR) is 544 cm³/mol. The zero-order valence-corrected chi connectivity index (χ0v) is 89.3. The number of nitrogens with two attached hydrogens (primary N) is 1. The Kier molecular flexibility index (Phi) is 65.0. The number of hydrogen-bond acceptors (Lipinski definition) is 38. The number of anilines is 1. The van der Waals surface area contributed by atoms with E-state index in [1.807, 2.05) is 54.7 Å². The van der Waals surface area contributed by atoms with E-state index in [2.05, 4.69) is 111 Å². The van der Waals surface area contributed by atoms with Crippen LogP contribution < -0.4 is 23.6 Å². The molecule has 0 aliphatic heterocycles. The number of aromatic amines is 2. The molecule has 13 aromatic heterocycles. The number of carboxylic acids is 1. The molecule has 0 saturated carbocycles. The number of carbonyl (C=O) groups is 15. The van der Waals surface area contributed by atoms with Gasteiger partial charge in [0.15, 0.2) is 51.4 Å². The van der Waals surface area contributed by atoms with Crippen LogP contribution in [0.2, 0.25) is 12.0 Å². The fourth-order valence-electron chi connectivity index (χ4n) is 9.97. The molecule has 55 heteroatoms. The van der Waals surface area contributed by atoms with Gasteiger partial charge in [0.25, 0.3) is 11.5 Å². The highest BCUT2D eigenvalue weighted by molar-refractivity contribution is 8.24. The average Bonchev–Trinajstić information content (AvgIpc) is 1.68. The summed E-state index contributed by atoms with van der Waals surface area (Å²) in [5, 5.41) is 65.7. The molecule has 15 N–H and O–H groups in total. The van der Waals surface area contributed by atoms with Crippen LogP contribution in [0.1, 0.15) is 264 Å². The lowest BCUT2D eigenvalue weighted by atomic mass is 9.99.